The van der Waals surface area contributed by atoms with Gasteiger partial charge in [0.15, 0.2) is 6.20 Å². The Kier molecular flexibility index (Phi) is 6.18. The Labute approximate surface area is 173 Å². The van der Waals surface area contributed by atoms with E-state index < -0.39 is 33.7 Å². The van der Waals surface area contributed by atoms with Crippen LogP contribution in [0.3, 0.4) is 0 Å². The summed E-state index contributed by atoms with van der Waals surface area (Å²) in [7, 11) is 0. The third-order valence-electron chi connectivity index (χ3n) is 3.81. The maximum atomic E-state index is 13.1. The van der Waals surface area contributed by atoms with Crippen LogP contribution >= 0.6 is 23.5 Å². The number of esters is 2. The molecule has 0 N–H and O–H groups in total. The Morgan fingerprint density at radius 2 is 2.03 bits per heavy atom. The molecule has 0 radical (unpaired) electrons. The van der Waals surface area contributed by atoms with E-state index in [0.717, 1.165) is 0 Å². The van der Waals surface area contributed by atoms with Crippen LogP contribution < -0.4 is 4.73 Å². The van der Waals surface area contributed by atoms with E-state index in [0.29, 0.717) is 28.3 Å². The van der Waals surface area contributed by atoms with Crippen LogP contribution in [0.2, 0.25) is 0 Å². The van der Waals surface area contributed by atoms with E-state index in [1.165, 1.54) is 43.6 Å². The standard InChI is InChI=1S/C18H14N2O7S2/c1-2-26-16(23)18(17(24)28-11-7-3-5-9-19-11)14(13(21)15(22)27-18)29-12-8-4-6-10-20(12)25/h3-10,14H,2H2,1H3. The van der Waals surface area contributed by atoms with Crippen molar-refractivity contribution in [1.82, 2.24) is 4.98 Å². The molecular weight excluding hydrogens is 420 g/mol. The van der Waals surface area contributed by atoms with Crippen molar-refractivity contribution in [2.45, 2.75) is 27.8 Å². The van der Waals surface area contributed by atoms with Gasteiger partial charge in [-0.3, -0.25) is 9.59 Å². The number of hydrogen-bond donors (Lipinski definition) is 0. The largest absolute Gasteiger partial charge is 0.618 e. The second-order valence-electron chi connectivity index (χ2n) is 5.63. The first kappa shape index (κ1) is 20.8. The number of cyclic esters (lactones) is 1. The molecule has 1 saturated heterocycles. The number of carbonyl (C=O) groups is 4. The van der Waals surface area contributed by atoms with Gasteiger partial charge >= 0.3 is 11.9 Å². The summed E-state index contributed by atoms with van der Waals surface area (Å²) < 4.78 is 10.5. The van der Waals surface area contributed by atoms with Crippen molar-refractivity contribution in [3.05, 3.63) is 54.0 Å². The van der Waals surface area contributed by atoms with Crippen LogP contribution in [-0.2, 0) is 28.7 Å². The summed E-state index contributed by atoms with van der Waals surface area (Å²) in [6.07, 6.45) is 2.62. The monoisotopic (exact) mass is 434 g/mol. The predicted molar refractivity (Wildman–Crippen MR) is 101 cm³/mol. The van der Waals surface area contributed by atoms with Gasteiger partial charge in [0.1, 0.15) is 10.3 Å². The van der Waals surface area contributed by atoms with Crippen LogP contribution in [0.4, 0.5) is 0 Å². The molecule has 0 saturated carbocycles. The molecule has 1 aliphatic rings. The van der Waals surface area contributed by atoms with E-state index in [1.807, 2.05) is 0 Å². The SMILES string of the molecule is CCOC(=O)C1(C(=O)Sc2ccccn2)OC(=O)C(=O)C1Sc1cccc[n+]1[O-]. The lowest BCUT2D eigenvalue weighted by Gasteiger charge is -2.26. The van der Waals surface area contributed by atoms with Crippen LogP contribution in [0.25, 0.3) is 0 Å². The zero-order chi connectivity index (χ0) is 21.0. The minimum Gasteiger partial charge on any atom is -0.618 e. The average Bonchev–Trinajstić information content (AvgIpc) is 2.96. The minimum absolute atomic E-state index is 0.00783. The number of carbonyl (C=O) groups excluding carboxylic acids is 4. The molecule has 150 valence electrons. The molecule has 0 spiro atoms. The molecular formula is C18H14N2O7S2. The molecule has 2 unspecified atom stereocenters. The molecule has 3 heterocycles. The third-order valence-corrected chi connectivity index (χ3v) is 6.08. The Balaban J connectivity index is 2.05. The Bertz CT molecular complexity index is 970. The van der Waals surface area contributed by atoms with Crippen LogP contribution in [-0.4, -0.2) is 45.3 Å². The molecule has 0 amide bonds. The van der Waals surface area contributed by atoms with Gasteiger partial charge in [0.2, 0.25) is 0 Å². The molecule has 11 heteroatoms. The highest BCUT2D eigenvalue weighted by atomic mass is 32.2. The lowest BCUT2D eigenvalue weighted by atomic mass is 10.0. The number of aromatic nitrogens is 2. The van der Waals surface area contributed by atoms with Gasteiger partial charge in [-0.25, -0.2) is 14.6 Å². The van der Waals surface area contributed by atoms with Crippen molar-refractivity contribution >= 4 is 46.4 Å². The van der Waals surface area contributed by atoms with Gasteiger partial charge in [-0.2, -0.15) is 4.73 Å². The van der Waals surface area contributed by atoms with E-state index in [-0.39, 0.29) is 16.7 Å². The number of ether oxygens (including phenoxy) is 2. The summed E-state index contributed by atoms with van der Waals surface area (Å²) >= 11 is 1.13. The summed E-state index contributed by atoms with van der Waals surface area (Å²) in [6.45, 7) is 1.39. The fourth-order valence-electron chi connectivity index (χ4n) is 2.50. The lowest BCUT2D eigenvalue weighted by Crippen LogP contribution is -2.54. The number of rotatable bonds is 6. The van der Waals surface area contributed by atoms with Crippen molar-refractivity contribution in [3.63, 3.8) is 0 Å². The summed E-state index contributed by atoms with van der Waals surface area (Å²) in [4.78, 5) is 54.5. The van der Waals surface area contributed by atoms with Crippen molar-refractivity contribution in [2.24, 2.45) is 0 Å². The molecule has 1 fully saturated rings. The molecule has 0 bridgehead atoms. The summed E-state index contributed by atoms with van der Waals surface area (Å²) in [5.41, 5.74) is -2.54. The van der Waals surface area contributed by atoms with E-state index in [4.69, 9.17) is 9.47 Å². The molecule has 1 aliphatic heterocycles. The summed E-state index contributed by atoms with van der Waals surface area (Å²) in [5, 5.41) is 9.68. The second kappa shape index (κ2) is 8.62. The van der Waals surface area contributed by atoms with Gasteiger partial charge in [-0.05, 0) is 48.6 Å². The minimum atomic E-state index is -2.54. The van der Waals surface area contributed by atoms with Crippen molar-refractivity contribution < 1.29 is 33.4 Å². The van der Waals surface area contributed by atoms with Crippen molar-refractivity contribution in [2.75, 3.05) is 6.61 Å². The number of pyridine rings is 2. The van der Waals surface area contributed by atoms with Crippen LogP contribution in [0, 0.1) is 5.21 Å². The maximum absolute atomic E-state index is 13.1. The molecule has 29 heavy (non-hydrogen) atoms. The first-order valence-corrected chi connectivity index (χ1v) is 10.0. The fraction of sp³-hybridized carbons (Fsp3) is 0.222. The van der Waals surface area contributed by atoms with Crippen LogP contribution in [0.15, 0.2) is 58.8 Å². The highest BCUT2D eigenvalue weighted by molar-refractivity contribution is 8.14. The maximum Gasteiger partial charge on any atom is 0.377 e. The quantitative estimate of drug-likeness (QED) is 0.162. The fourth-order valence-corrected chi connectivity index (χ4v) is 4.60. The van der Waals surface area contributed by atoms with E-state index in [1.54, 1.807) is 12.1 Å². The van der Waals surface area contributed by atoms with Crippen molar-refractivity contribution in [3.8, 4) is 0 Å². The van der Waals surface area contributed by atoms with E-state index >= 15 is 0 Å². The van der Waals surface area contributed by atoms with Crippen molar-refractivity contribution in [1.29, 1.82) is 0 Å². The smallest absolute Gasteiger partial charge is 0.377 e. The summed E-state index contributed by atoms with van der Waals surface area (Å²) in [5.74, 6) is -3.64. The Hall–Kier alpha value is -2.92. The average molecular weight is 434 g/mol. The normalized spacial score (nSPS) is 20.9. The highest BCUT2D eigenvalue weighted by Crippen LogP contribution is 2.42. The lowest BCUT2D eigenvalue weighted by molar-refractivity contribution is -0.645. The Morgan fingerprint density at radius 3 is 2.69 bits per heavy atom. The first-order valence-electron chi connectivity index (χ1n) is 8.32. The molecule has 9 nitrogen and oxygen atoms in total. The van der Waals surface area contributed by atoms with Gasteiger partial charge in [0.25, 0.3) is 21.5 Å². The van der Waals surface area contributed by atoms with Crippen LogP contribution in [0.1, 0.15) is 6.92 Å². The van der Waals surface area contributed by atoms with Gasteiger partial charge in [0, 0.05) is 18.3 Å². The van der Waals surface area contributed by atoms with E-state index in [2.05, 4.69) is 4.98 Å². The highest BCUT2D eigenvalue weighted by Gasteiger charge is 2.67. The molecule has 0 aliphatic carbocycles. The number of nitrogens with zero attached hydrogens (tertiary/aromatic N) is 2. The number of ketones is 1. The topological polar surface area (TPSA) is 127 Å². The summed E-state index contributed by atoms with van der Waals surface area (Å²) in [6, 6.07) is 9.17. The molecule has 3 rings (SSSR count). The number of thioether (sulfide) groups is 2. The number of Topliss-reactive ketones (excluding diaryl/α,β-unsaturated/α-hetero) is 1. The van der Waals surface area contributed by atoms with E-state index in [9.17, 15) is 24.4 Å². The molecule has 0 aromatic carbocycles. The molecule has 2 aromatic rings. The van der Waals surface area contributed by atoms with Gasteiger partial charge < -0.3 is 14.7 Å². The zero-order valence-electron chi connectivity index (χ0n) is 15.0. The van der Waals surface area contributed by atoms with Gasteiger partial charge in [-0.1, -0.05) is 6.07 Å². The molecule has 2 aromatic heterocycles. The zero-order valence-corrected chi connectivity index (χ0v) is 16.6. The molecule has 2 atom stereocenters. The first-order chi connectivity index (χ1) is 13.9. The van der Waals surface area contributed by atoms with Gasteiger partial charge in [-0.15, -0.1) is 0 Å². The third kappa shape index (κ3) is 3.96. The van der Waals surface area contributed by atoms with Gasteiger partial charge in [0.05, 0.1) is 6.61 Å². The second-order valence-corrected chi connectivity index (χ2v) is 7.75. The Morgan fingerprint density at radius 1 is 1.28 bits per heavy atom. The van der Waals surface area contributed by atoms with Crippen LogP contribution in [0.5, 0.6) is 0 Å². The predicted octanol–water partition coefficient (Wildman–Crippen LogP) is 0.922. The number of hydrogen-bond acceptors (Lipinski definition) is 10.